The SMILES string of the molecule is COc1cc(F)cc(-c2cc(=O)n3cc(N4CCNCC4)ccc3n2)c1.C[C@H]1CN(c2ccc3nc(-c4ccc5nn(C)cc5c4)cc(=O)n3c2)CCN1. The van der Waals surface area contributed by atoms with Crippen LogP contribution in [0.15, 0.2) is 101 Å². The normalized spacial score (nSPS) is 16.1. The first-order valence-corrected chi connectivity index (χ1v) is 18.0. The summed E-state index contributed by atoms with van der Waals surface area (Å²) in [5.41, 5.74) is 6.39. The number of anilines is 2. The predicted octanol–water partition coefficient (Wildman–Crippen LogP) is 3.97. The molecule has 7 heterocycles. The zero-order chi connectivity index (χ0) is 37.3. The van der Waals surface area contributed by atoms with E-state index in [1.165, 1.54) is 29.7 Å². The second kappa shape index (κ2) is 14.7. The first-order chi connectivity index (χ1) is 26.2. The van der Waals surface area contributed by atoms with Crippen LogP contribution in [0.25, 0.3) is 44.7 Å². The van der Waals surface area contributed by atoms with E-state index in [0.717, 1.165) is 73.7 Å². The van der Waals surface area contributed by atoms with Gasteiger partial charge in [-0.15, -0.1) is 0 Å². The molecule has 0 saturated carbocycles. The molecule has 2 aliphatic rings. The fraction of sp³-hybridized carbons (Fsp3) is 0.275. The van der Waals surface area contributed by atoms with E-state index in [2.05, 4.69) is 37.4 Å². The third-order valence-corrected chi connectivity index (χ3v) is 9.82. The first-order valence-electron chi connectivity index (χ1n) is 18.0. The van der Waals surface area contributed by atoms with E-state index in [1.807, 2.05) is 68.1 Å². The Kier molecular flexibility index (Phi) is 9.52. The average Bonchev–Trinajstić information content (AvgIpc) is 3.57. The van der Waals surface area contributed by atoms with Crippen LogP contribution < -0.4 is 36.3 Å². The molecule has 5 aromatic heterocycles. The van der Waals surface area contributed by atoms with Crippen molar-refractivity contribution >= 4 is 33.6 Å². The molecule has 0 aliphatic carbocycles. The highest BCUT2D eigenvalue weighted by atomic mass is 19.1. The molecule has 276 valence electrons. The summed E-state index contributed by atoms with van der Waals surface area (Å²) in [6.07, 6.45) is 5.68. The molecule has 7 aromatic rings. The summed E-state index contributed by atoms with van der Waals surface area (Å²) in [7, 11) is 3.37. The topological polar surface area (TPSA) is 126 Å². The molecular weight excluding hydrogens is 688 g/mol. The fourth-order valence-electron chi connectivity index (χ4n) is 7.08. The van der Waals surface area contributed by atoms with Crippen molar-refractivity contribution in [2.24, 2.45) is 7.05 Å². The van der Waals surface area contributed by atoms with Crippen LogP contribution in [0.5, 0.6) is 5.75 Å². The largest absolute Gasteiger partial charge is 0.497 e. The summed E-state index contributed by atoms with van der Waals surface area (Å²) in [5.74, 6) is -0.0496. The highest BCUT2D eigenvalue weighted by Crippen LogP contribution is 2.25. The quantitative estimate of drug-likeness (QED) is 0.269. The Labute approximate surface area is 310 Å². The number of nitrogens with zero attached hydrogens (tertiary/aromatic N) is 8. The van der Waals surface area contributed by atoms with E-state index < -0.39 is 5.82 Å². The molecule has 2 fully saturated rings. The molecule has 0 bridgehead atoms. The van der Waals surface area contributed by atoms with Gasteiger partial charge in [0.2, 0.25) is 0 Å². The van der Waals surface area contributed by atoms with Crippen molar-refractivity contribution in [1.29, 1.82) is 0 Å². The second-order valence-electron chi connectivity index (χ2n) is 13.7. The summed E-state index contributed by atoms with van der Waals surface area (Å²) in [4.78, 5) is 39.2. The van der Waals surface area contributed by atoms with E-state index in [4.69, 9.17) is 9.72 Å². The standard InChI is InChI=1S/C21H22N6O.C19H19FN4O2/c1-14-11-26(8-7-22-14)17-4-6-20-23-19(10-21(28)27(20)13-17)15-3-5-18-16(9-15)12-25(2)24-18;1-26-16-9-13(8-14(20)10-16)17-11-19(25)24-12-15(2-3-18(24)22-17)23-6-4-21-5-7-23/h3-6,9-10,12-14,22H,7-8,11H2,1-2H3;2-3,8-12,21H,4-7H2,1H3/t14-;/m0./s1. The van der Waals surface area contributed by atoms with Crippen molar-refractivity contribution < 1.29 is 9.13 Å². The van der Waals surface area contributed by atoms with E-state index in [1.54, 1.807) is 21.2 Å². The second-order valence-corrected chi connectivity index (χ2v) is 13.7. The van der Waals surface area contributed by atoms with Gasteiger partial charge in [-0.3, -0.25) is 23.1 Å². The van der Waals surface area contributed by atoms with Gasteiger partial charge in [0.05, 0.1) is 35.4 Å². The summed E-state index contributed by atoms with van der Waals surface area (Å²) >= 11 is 0. The molecule has 0 unspecified atom stereocenters. The van der Waals surface area contributed by atoms with E-state index in [-0.39, 0.29) is 11.1 Å². The van der Waals surface area contributed by atoms with Crippen LogP contribution in [0.3, 0.4) is 0 Å². The van der Waals surface area contributed by atoms with E-state index in [9.17, 15) is 14.0 Å². The summed E-state index contributed by atoms with van der Waals surface area (Å²) in [5, 5.41) is 12.2. The van der Waals surface area contributed by atoms with Crippen LogP contribution in [0.4, 0.5) is 15.8 Å². The molecular formula is C40H41FN10O3. The van der Waals surface area contributed by atoms with Crippen molar-refractivity contribution in [3.8, 4) is 28.3 Å². The third kappa shape index (κ3) is 7.25. The molecule has 2 aromatic carbocycles. The Hall–Kier alpha value is -6.12. The van der Waals surface area contributed by atoms with Crippen LogP contribution in [0.1, 0.15) is 6.92 Å². The number of hydrogen-bond acceptors (Lipinski definition) is 10. The van der Waals surface area contributed by atoms with Crippen LogP contribution in [-0.2, 0) is 7.05 Å². The number of halogens is 1. The Bertz CT molecular complexity index is 2610. The van der Waals surface area contributed by atoms with Crippen molar-refractivity contribution in [3.05, 3.63) is 118 Å². The van der Waals surface area contributed by atoms with Crippen LogP contribution in [-0.4, -0.2) is 87.5 Å². The average molecular weight is 729 g/mol. The first kappa shape index (κ1) is 34.9. The molecule has 0 radical (unpaired) electrons. The minimum atomic E-state index is -0.435. The molecule has 13 nitrogen and oxygen atoms in total. The molecule has 0 spiro atoms. The minimum absolute atomic E-state index is 0.0729. The zero-order valence-corrected chi connectivity index (χ0v) is 30.4. The molecule has 9 rings (SSSR count). The Morgan fingerprint density at radius 1 is 0.741 bits per heavy atom. The van der Waals surface area contributed by atoms with Crippen LogP contribution in [0.2, 0.25) is 0 Å². The van der Waals surface area contributed by atoms with Crippen molar-refractivity contribution in [3.63, 3.8) is 0 Å². The smallest absolute Gasteiger partial charge is 0.258 e. The lowest BCUT2D eigenvalue weighted by molar-refractivity contribution is 0.411. The maximum absolute atomic E-state index is 13.8. The predicted molar refractivity (Wildman–Crippen MR) is 209 cm³/mol. The fourth-order valence-corrected chi connectivity index (χ4v) is 7.08. The number of nitrogens with one attached hydrogen (secondary N) is 2. The molecule has 1 atom stereocenters. The lowest BCUT2D eigenvalue weighted by Gasteiger charge is -2.33. The van der Waals surface area contributed by atoms with Gasteiger partial charge < -0.3 is 25.2 Å². The third-order valence-electron chi connectivity index (χ3n) is 9.82. The minimum Gasteiger partial charge on any atom is -0.497 e. The van der Waals surface area contributed by atoms with Gasteiger partial charge >= 0.3 is 0 Å². The highest BCUT2D eigenvalue weighted by Gasteiger charge is 2.17. The number of rotatable bonds is 5. The number of piperazine rings is 2. The molecule has 2 aliphatic heterocycles. The number of aromatic nitrogens is 6. The van der Waals surface area contributed by atoms with Gasteiger partial charge in [0.15, 0.2) is 0 Å². The van der Waals surface area contributed by atoms with E-state index in [0.29, 0.717) is 40.0 Å². The lowest BCUT2D eigenvalue weighted by Crippen LogP contribution is -2.49. The number of methoxy groups -OCH3 is 1. The molecule has 14 heteroatoms. The number of fused-ring (bicyclic) bond motifs is 3. The number of pyridine rings is 2. The molecule has 2 saturated heterocycles. The van der Waals surface area contributed by atoms with Gasteiger partial charge in [-0.2, -0.15) is 5.10 Å². The highest BCUT2D eigenvalue weighted by molar-refractivity contribution is 5.83. The monoisotopic (exact) mass is 728 g/mol. The Balaban J connectivity index is 0.000000154. The number of ether oxygens (including phenoxy) is 1. The van der Waals surface area contributed by atoms with E-state index >= 15 is 0 Å². The van der Waals surface area contributed by atoms with Crippen LogP contribution >= 0.6 is 0 Å². The summed E-state index contributed by atoms with van der Waals surface area (Å²) in [6, 6.07) is 21.5. The van der Waals surface area contributed by atoms with Crippen molar-refractivity contribution in [2.75, 3.05) is 62.7 Å². The van der Waals surface area contributed by atoms with Crippen LogP contribution in [0, 0.1) is 5.82 Å². The van der Waals surface area contributed by atoms with Gasteiger partial charge in [0, 0.05) is 112 Å². The zero-order valence-electron chi connectivity index (χ0n) is 30.4. The Morgan fingerprint density at radius 3 is 2.06 bits per heavy atom. The molecule has 54 heavy (non-hydrogen) atoms. The van der Waals surface area contributed by atoms with Gasteiger partial charge in [0.1, 0.15) is 22.9 Å². The lowest BCUT2D eigenvalue weighted by atomic mass is 10.1. The van der Waals surface area contributed by atoms with Gasteiger partial charge in [0.25, 0.3) is 11.1 Å². The van der Waals surface area contributed by atoms with Crippen molar-refractivity contribution in [2.45, 2.75) is 13.0 Å². The molecule has 2 N–H and O–H groups in total. The van der Waals surface area contributed by atoms with Gasteiger partial charge in [-0.25, -0.2) is 14.4 Å². The summed E-state index contributed by atoms with van der Waals surface area (Å²) < 4.78 is 23.8. The summed E-state index contributed by atoms with van der Waals surface area (Å²) in [6.45, 7) is 8.62. The Morgan fingerprint density at radius 2 is 1.39 bits per heavy atom. The maximum Gasteiger partial charge on any atom is 0.258 e. The molecule has 0 amide bonds. The number of hydrogen-bond donors (Lipinski definition) is 2. The number of aryl methyl sites for hydroxylation is 1. The number of benzene rings is 2. The van der Waals surface area contributed by atoms with Gasteiger partial charge in [-0.1, -0.05) is 6.07 Å². The van der Waals surface area contributed by atoms with Gasteiger partial charge in [-0.05, 0) is 55.5 Å². The van der Waals surface area contributed by atoms with Crippen molar-refractivity contribution in [1.82, 2.24) is 39.2 Å². The maximum atomic E-state index is 13.8.